The van der Waals surface area contributed by atoms with Gasteiger partial charge < -0.3 is 0 Å². The van der Waals surface area contributed by atoms with Crippen molar-refractivity contribution in [3.8, 4) is 0 Å². The standard InChI is InChI=1S/C11H15NO4S3/c1-4-12(3)19(15,16)11-6-5-10(18-11)9(14)7-17-8(2)13/h5-6H,4,7H2,1-3H3. The van der Waals surface area contributed by atoms with Crippen LogP contribution in [0.4, 0.5) is 0 Å². The maximum Gasteiger partial charge on any atom is 0.252 e. The summed E-state index contributed by atoms with van der Waals surface area (Å²) >= 11 is 1.86. The van der Waals surface area contributed by atoms with Crippen molar-refractivity contribution in [2.24, 2.45) is 0 Å². The molecule has 0 fully saturated rings. The number of ketones is 1. The second-order valence-corrected chi connectivity index (χ2v) is 8.25. The highest BCUT2D eigenvalue weighted by Crippen LogP contribution is 2.25. The number of sulfonamides is 1. The molecular formula is C11H15NO4S3. The molecule has 0 aliphatic rings. The molecule has 0 atom stereocenters. The number of carbonyl (C=O) groups is 2. The van der Waals surface area contributed by atoms with E-state index in [2.05, 4.69) is 0 Å². The highest BCUT2D eigenvalue weighted by atomic mass is 32.2. The Labute approximate surface area is 121 Å². The largest absolute Gasteiger partial charge is 0.292 e. The van der Waals surface area contributed by atoms with Crippen LogP contribution in [-0.2, 0) is 14.8 Å². The van der Waals surface area contributed by atoms with Gasteiger partial charge in [-0.05, 0) is 12.1 Å². The van der Waals surface area contributed by atoms with Crippen LogP contribution in [-0.4, -0.2) is 43.0 Å². The molecule has 19 heavy (non-hydrogen) atoms. The number of rotatable bonds is 6. The highest BCUT2D eigenvalue weighted by Gasteiger charge is 2.22. The highest BCUT2D eigenvalue weighted by molar-refractivity contribution is 8.14. The van der Waals surface area contributed by atoms with Crippen molar-refractivity contribution >= 4 is 44.0 Å². The van der Waals surface area contributed by atoms with Crippen molar-refractivity contribution < 1.29 is 18.0 Å². The molecule has 1 aromatic rings. The van der Waals surface area contributed by atoms with E-state index in [0.29, 0.717) is 11.4 Å². The van der Waals surface area contributed by atoms with Gasteiger partial charge in [0.1, 0.15) is 4.21 Å². The summed E-state index contributed by atoms with van der Waals surface area (Å²) in [5.41, 5.74) is 0. The maximum absolute atomic E-state index is 12.0. The van der Waals surface area contributed by atoms with Gasteiger partial charge in [-0.2, -0.15) is 0 Å². The lowest BCUT2D eigenvalue weighted by molar-refractivity contribution is -0.109. The number of hydrogen-bond donors (Lipinski definition) is 0. The van der Waals surface area contributed by atoms with Crippen LogP contribution in [0.25, 0.3) is 0 Å². The van der Waals surface area contributed by atoms with Gasteiger partial charge in [0.25, 0.3) is 10.0 Å². The zero-order chi connectivity index (χ0) is 14.6. The lowest BCUT2D eigenvalue weighted by Crippen LogP contribution is -2.25. The molecule has 8 heteroatoms. The van der Waals surface area contributed by atoms with Gasteiger partial charge >= 0.3 is 0 Å². The predicted octanol–water partition coefficient (Wildman–Crippen LogP) is 1.85. The molecule has 0 saturated heterocycles. The molecule has 1 heterocycles. The van der Waals surface area contributed by atoms with Crippen LogP contribution in [0.15, 0.2) is 16.3 Å². The van der Waals surface area contributed by atoms with Crippen molar-refractivity contribution in [3.05, 3.63) is 17.0 Å². The summed E-state index contributed by atoms with van der Waals surface area (Å²) in [6.45, 7) is 3.49. The molecule has 5 nitrogen and oxygen atoms in total. The van der Waals surface area contributed by atoms with Crippen molar-refractivity contribution in [2.45, 2.75) is 18.1 Å². The Kier molecular flexibility index (Phi) is 5.72. The zero-order valence-electron chi connectivity index (χ0n) is 10.9. The smallest absolute Gasteiger partial charge is 0.252 e. The summed E-state index contributed by atoms with van der Waals surface area (Å²) in [4.78, 5) is 22.9. The first-order valence-corrected chi connectivity index (χ1v) is 8.76. The van der Waals surface area contributed by atoms with E-state index in [9.17, 15) is 18.0 Å². The molecule has 106 valence electrons. The fourth-order valence-corrected chi connectivity index (χ4v) is 4.39. The number of thioether (sulfide) groups is 1. The Bertz CT molecular complexity index is 577. The van der Waals surface area contributed by atoms with E-state index in [1.807, 2.05) is 0 Å². The number of hydrogen-bond acceptors (Lipinski definition) is 6. The van der Waals surface area contributed by atoms with Gasteiger partial charge in [-0.1, -0.05) is 18.7 Å². The Morgan fingerprint density at radius 1 is 1.37 bits per heavy atom. The Balaban J connectivity index is 2.88. The van der Waals surface area contributed by atoms with Gasteiger partial charge in [0.05, 0.1) is 10.6 Å². The van der Waals surface area contributed by atoms with E-state index < -0.39 is 10.0 Å². The SMILES string of the molecule is CCN(C)S(=O)(=O)c1ccc(C(=O)CSC(C)=O)s1. The number of carbonyl (C=O) groups excluding carboxylic acids is 2. The van der Waals surface area contributed by atoms with Crippen LogP contribution in [0, 0.1) is 0 Å². The third kappa shape index (κ3) is 4.13. The third-order valence-corrected chi connectivity index (χ3v) is 6.71. The van der Waals surface area contributed by atoms with Gasteiger partial charge in [0.15, 0.2) is 10.9 Å². The molecule has 0 bridgehead atoms. The molecule has 0 N–H and O–H groups in total. The van der Waals surface area contributed by atoms with Crippen LogP contribution >= 0.6 is 23.1 Å². The molecule has 0 aliphatic heterocycles. The summed E-state index contributed by atoms with van der Waals surface area (Å²) in [5.74, 6) is -0.190. The fraction of sp³-hybridized carbons (Fsp3) is 0.455. The second kappa shape index (κ2) is 6.65. The average Bonchev–Trinajstić information content (AvgIpc) is 2.84. The first-order valence-electron chi connectivity index (χ1n) is 5.51. The molecule has 0 spiro atoms. The molecule has 0 unspecified atom stereocenters. The molecule has 0 aliphatic carbocycles. The number of Topliss-reactive ketones (excluding diaryl/α,β-unsaturated/α-hetero) is 1. The summed E-state index contributed by atoms with van der Waals surface area (Å²) in [5, 5.41) is -0.136. The van der Waals surface area contributed by atoms with Crippen LogP contribution in [0.5, 0.6) is 0 Å². The van der Waals surface area contributed by atoms with E-state index in [1.54, 1.807) is 6.92 Å². The second-order valence-electron chi connectivity index (χ2n) is 3.74. The summed E-state index contributed by atoms with van der Waals surface area (Å²) in [6.07, 6.45) is 0. The van der Waals surface area contributed by atoms with Gasteiger partial charge in [-0.3, -0.25) is 9.59 Å². The van der Waals surface area contributed by atoms with Gasteiger partial charge in [-0.15, -0.1) is 11.3 Å². The molecule has 0 aromatic carbocycles. The minimum absolute atomic E-state index is 0.0406. The Morgan fingerprint density at radius 3 is 2.53 bits per heavy atom. The lowest BCUT2D eigenvalue weighted by Gasteiger charge is -2.12. The van der Waals surface area contributed by atoms with Crippen molar-refractivity contribution in [1.29, 1.82) is 0 Å². The first-order chi connectivity index (χ1) is 8.78. The van der Waals surface area contributed by atoms with E-state index >= 15 is 0 Å². The van der Waals surface area contributed by atoms with E-state index in [-0.39, 0.29) is 20.9 Å². The van der Waals surface area contributed by atoms with Crippen molar-refractivity contribution in [2.75, 3.05) is 19.3 Å². The Morgan fingerprint density at radius 2 is 2.00 bits per heavy atom. The zero-order valence-corrected chi connectivity index (χ0v) is 13.3. The predicted molar refractivity (Wildman–Crippen MR) is 77.3 cm³/mol. The van der Waals surface area contributed by atoms with Gasteiger partial charge in [-0.25, -0.2) is 12.7 Å². The number of thiophene rings is 1. The topological polar surface area (TPSA) is 71.5 Å². The Hall–Kier alpha value is -0.700. The first kappa shape index (κ1) is 16.4. The molecule has 1 rings (SSSR count). The number of nitrogens with zero attached hydrogens (tertiary/aromatic N) is 1. The van der Waals surface area contributed by atoms with Gasteiger partial charge in [0, 0.05) is 20.5 Å². The van der Waals surface area contributed by atoms with E-state index in [1.165, 1.54) is 30.4 Å². The third-order valence-electron chi connectivity index (χ3n) is 2.37. The van der Waals surface area contributed by atoms with Crippen molar-refractivity contribution in [1.82, 2.24) is 4.31 Å². The quantitative estimate of drug-likeness (QED) is 0.748. The van der Waals surface area contributed by atoms with E-state index in [4.69, 9.17) is 0 Å². The minimum Gasteiger partial charge on any atom is -0.292 e. The van der Waals surface area contributed by atoms with Crippen molar-refractivity contribution in [3.63, 3.8) is 0 Å². The van der Waals surface area contributed by atoms with Crippen LogP contribution in [0.1, 0.15) is 23.5 Å². The molecular weight excluding hydrogens is 306 g/mol. The maximum atomic E-state index is 12.0. The monoisotopic (exact) mass is 321 g/mol. The van der Waals surface area contributed by atoms with Crippen LogP contribution < -0.4 is 0 Å². The minimum atomic E-state index is -3.51. The van der Waals surface area contributed by atoms with Gasteiger partial charge in [0.2, 0.25) is 0 Å². The summed E-state index contributed by atoms with van der Waals surface area (Å²) in [6, 6.07) is 2.92. The van der Waals surface area contributed by atoms with Crippen LogP contribution in [0.2, 0.25) is 0 Å². The summed E-state index contributed by atoms with van der Waals surface area (Å²) < 4.78 is 25.4. The molecule has 0 saturated carbocycles. The van der Waals surface area contributed by atoms with E-state index in [0.717, 1.165) is 23.1 Å². The molecule has 1 aromatic heterocycles. The van der Waals surface area contributed by atoms with Crippen LogP contribution in [0.3, 0.4) is 0 Å². The lowest BCUT2D eigenvalue weighted by atomic mass is 10.4. The summed E-state index contributed by atoms with van der Waals surface area (Å²) in [7, 11) is -2.02. The fourth-order valence-electron chi connectivity index (χ4n) is 1.17. The normalized spacial score (nSPS) is 11.8. The molecule has 0 amide bonds. The molecule has 0 radical (unpaired) electrons. The average molecular weight is 321 g/mol.